The quantitative estimate of drug-likeness (QED) is 0.273. The van der Waals surface area contributed by atoms with Crippen LogP contribution in [0.4, 0.5) is 20.2 Å². The SMILES string of the molecule is CCOC(=O)CCCNC(=O)COC(=O)c1ccccc1Nc1ccc(SC(F)F)cc1. The molecule has 2 N–H and O–H groups in total. The van der Waals surface area contributed by atoms with Crippen molar-refractivity contribution < 1.29 is 32.6 Å². The van der Waals surface area contributed by atoms with Crippen molar-refractivity contribution in [3.8, 4) is 0 Å². The third kappa shape index (κ3) is 8.93. The standard InChI is InChI=1S/C22H24F2N2O5S/c1-2-30-20(28)8-5-13-25-19(27)14-31-21(29)17-6-3-4-7-18(17)26-15-9-11-16(12-10-15)32-22(23)24/h3-4,6-7,9-12,22,26H,2,5,8,13-14H2,1H3,(H,25,27). The summed E-state index contributed by atoms with van der Waals surface area (Å²) in [4.78, 5) is 36.0. The highest BCUT2D eigenvalue weighted by Gasteiger charge is 2.15. The molecule has 2 aromatic carbocycles. The Morgan fingerprint density at radius 1 is 1.03 bits per heavy atom. The molecular weight excluding hydrogens is 442 g/mol. The number of carbonyl (C=O) groups excluding carboxylic acids is 3. The molecule has 2 rings (SSSR count). The van der Waals surface area contributed by atoms with E-state index in [0.29, 0.717) is 41.1 Å². The first-order chi connectivity index (χ1) is 15.4. The van der Waals surface area contributed by atoms with Crippen molar-refractivity contribution >= 4 is 41.0 Å². The van der Waals surface area contributed by atoms with E-state index in [4.69, 9.17) is 9.47 Å². The van der Waals surface area contributed by atoms with Gasteiger partial charge in [0, 0.05) is 23.5 Å². The number of benzene rings is 2. The number of thioether (sulfide) groups is 1. The Kier molecular flexibility index (Phi) is 10.5. The lowest BCUT2D eigenvalue weighted by molar-refractivity contribution is -0.143. The maximum Gasteiger partial charge on any atom is 0.340 e. The van der Waals surface area contributed by atoms with Gasteiger partial charge in [0.25, 0.3) is 11.7 Å². The van der Waals surface area contributed by atoms with E-state index in [1.807, 2.05) is 0 Å². The zero-order chi connectivity index (χ0) is 23.3. The van der Waals surface area contributed by atoms with Gasteiger partial charge < -0.3 is 20.1 Å². The second-order valence-electron chi connectivity index (χ2n) is 6.41. The number of ether oxygens (including phenoxy) is 2. The van der Waals surface area contributed by atoms with Crippen molar-refractivity contribution in [2.24, 2.45) is 0 Å². The van der Waals surface area contributed by atoms with Crippen LogP contribution in [0.5, 0.6) is 0 Å². The summed E-state index contributed by atoms with van der Waals surface area (Å²) in [7, 11) is 0. The van der Waals surface area contributed by atoms with Crippen molar-refractivity contribution in [2.75, 3.05) is 25.1 Å². The number of nitrogens with one attached hydrogen (secondary N) is 2. The van der Waals surface area contributed by atoms with Crippen LogP contribution in [0.2, 0.25) is 0 Å². The summed E-state index contributed by atoms with van der Waals surface area (Å²) in [6.45, 7) is 1.81. The fraction of sp³-hybridized carbons (Fsp3) is 0.318. The van der Waals surface area contributed by atoms with Crippen LogP contribution < -0.4 is 10.6 Å². The number of esters is 2. The lowest BCUT2D eigenvalue weighted by Gasteiger charge is -2.12. The van der Waals surface area contributed by atoms with Gasteiger partial charge in [-0.15, -0.1) is 0 Å². The van der Waals surface area contributed by atoms with Crippen LogP contribution in [-0.4, -0.2) is 43.4 Å². The van der Waals surface area contributed by atoms with Crippen LogP contribution in [-0.2, 0) is 19.1 Å². The Labute approximate surface area is 188 Å². The Hall–Kier alpha value is -3.14. The summed E-state index contributed by atoms with van der Waals surface area (Å²) in [5, 5.41) is 5.61. The van der Waals surface area contributed by atoms with Gasteiger partial charge in [0.05, 0.1) is 17.9 Å². The smallest absolute Gasteiger partial charge is 0.340 e. The molecule has 0 radical (unpaired) electrons. The molecule has 32 heavy (non-hydrogen) atoms. The van der Waals surface area contributed by atoms with E-state index in [2.05, 4.69) is 10.6 Å². The molecule has 0 fully saturated rings. The molecule has 0 saturated carbocycles. The van der Waals surface area contributed by atoms with Gasteiger partial charge in [0.2, 0.25) is 0 Å². The van der Waals surface area contributed by atoms with Gasteiger partial charge in [-0.3, -0.25) is 9.59 Å². The van der Waals surface area contributed by atoms with Crippen molar-refractivity contribution in [1.29, 1.82) is 0 Å². The zero-order valence-corrected chi connectivity index (χ0v) is 18.3. The minimum atomic E-state index is -2.50. The van der Waals surface area contributed by atoms with Gasteiger partial charge in [-0.05, 0) is 49.7 Å². The number of alkyl halides is 2. The Balaban J connectivity index is 1.85. The summed E-state index contributed by atoms with van der Waals surface area (Å²) < 4.78 is 34.7. The van der Waals surface area contributed by atoms with E-state index in [1.54, 1.807) is 55.5 Å². The largest absolute Gasteiger partial charge is 0.466 e. The van der Waals surface area contributed by atoms with Gasteiger partial charge in [-0.2, -0.15) is 8.78 Å². The normalized spacial score (nSPS) is 10.5. The fourth-order valence-corrected chi connectivity index (χ4v) is 3.10. The first-order valence-electron chi connectivity index (χ1n) is 9.89. The lowest BCUT2D eigenvalue weighted by Crippen LogP contribution is -2.30. The number of carbonyl (C=O) groups is 3. The van der Waals surface area contributed by atoms with Gasteiger partial charge in [-0.1, -0.05) is 23.9 Å². The molecular formula is C22H24F2N2O5S. The van der Waals surface area contributed by atoms with Crippen LogP contribution in [0.25, 0.3) is 0 Å². The summed E-state index contributed by atoms with van der Waals surface area (Å²) in [6, 6.07) is 12.9. The molecule has 0 saturated heterocycles. The molecule has 0 unspecified atom stereocenters. The van der Waals surface area contributed by atoms with Crippen molar-refractivity contribution in [3.05, 3.63) is 54.1 Å². The Morgan fingerprint density at radius 3 is 2.44 bits per heavy atom. The van der Waals surface area contributed by atoms with Gasteiger partial charge in [0.1, 0.15) is 0 Å². The number of hydrogen-bond acceptors (Lipinski definition) is 7. The monoisotopic (exact) mass is 466 g/mol. The van der Waals surface area contributed by atoms with Crippen molar-refractivity contribution in [3.63, 3.8) is 0 Å². The second-order valence-corrected chi connectivity index (χ2v) is 7.47. The van der Waals surface area contributed by atoms with Crippen LogP contribution in [0.3, 0.4) is 0 Å². The third-order valence-electron chi connectivity index (χ3n) is 4.03. The molecule has 2 aromatic rings. The van der Waals surface area contributed by atoms with E-state index in [1.165, 1.54) is 0 Å². The second kappa shape index (κ2) is 13.3. The first kappa shape index (κ1) is 25.1. The van der Waals surface area contributed by atoms with Crippen molar-refractivity contribution in [2.45, 2.75) is 30.4 Å². The Morgan fingerprint density at radius 2 is 1.75 bits per heavy atom. The molecule has 0 bridgehead atoms. The topological polar surface area (TPSA) is 93.7 Å². The molecule has 1 amide bonds. The van der Waals surface area contributed by atoms with E-state index in [-0.39, 0.29) is 24.5 Å². The number of amides is 1. The minimum Gasteiger partial charge on any atom is -0.466 e. The number of halogens is 2. The van der Waals surface area contributed by atoms with Gasteiger partial charge in [-0.25, -0.2) is 4.79 Å². The predicted molar refractivity (Wildman–Crippen MR) is 117 cm³/mol. The highest BCUT2D eigenvalue weighted by Crippen LogP contribution is 2.28. The van der Waals surface area contributed by atoms with Crippen LogP contribution in [0.1, 0.15) is 30.1 Å². The van der Waals surface area contributed by atoms with Crippen LogP contribution >= 0.6 is 11.8 Å². The zero-order valence-electron chi connectivity index (χ0n) is 17.4. The Bertz CT molecular complexity index is 909. The van der Waals surface area contributed by atoms with E-state index >= 15 is 0 Å². The fourth-order valence-electron chi connectivity index (χ4n) is 2.60. The molecule has 0 aromatic heterocycles. The number of para-hydroxylation sites is 1. The number of hydrogen-bond donors (Lipinski definition) is 2. The van der Waals surface area contributed by atoms with Crippen LogP contribution in [0.15, 0.2) is 53.4 Å². The average Bonchev–Trinajstić information content (AvgIpc) is 2.76. The molecule has 0 aliphatic rings. The summed E-state index contributed by atoms with van der Waals surface area (Å²) in [5.74, 6) is -4.02. The molecule has 172 valence electrons. The third-order valence-corrected chi connectivity index (χ3v) is 4.75. The minimum absolute atomic E-state index is 0.189. The predicted octanol–water partition coefficient (Wildman–Crippen LogP) is 4.36. The average molecular weight is 467 g/mol. The number of rotatable bonds is 12. The molecule has 0 atom stereocenters. The van der Waals surface area contributed by atoms with Gasteiger partial charge in [0.15, 0.2) is 6.61 Å². The highest BCUT2D eigenvalue weighted by molar-refractivity contribution is 7.99. The molecule has 10 heteroatoms. The van der Waals surface area contributed by atoms with Gasteiger partial charge >= 0.3 is 11.9 Å². The molecule has 0 heterocycles. The molecule has 0 aliphatic carbocycles. The summed E-state index contributed by atoms with van der Waals surface area (Å²) in [6.07, 6.45) is 0.606. The molecule has 7 nitrogen and oxygen atoms in total. The number of anilines is 2. The lowest BCUT2D eigenvalue weighted by atomic mass is 10.1. The molecule has 0 spiro atoms. The maximum atomic E-state index is 12.4. The van der Waals surface area contributed by atoms with E-state index < -0.39 is 24.2 Å². The van der Waals surface area contributed by atoms with E-state index in [9.17, 15) is 23.2 Å². The van der Waals surface area contributed by atoms with E-state index in [0.717, 1.165) is 0 Å². The highest BCUT2D eigenvalue weighted by atomic mass is 32.2. The maximum absolute atomic E-state index is 12.4. The first-order valence-corrected chi connectivity index (χ1v) is 10.8. The molecule has 0 aliphatic heterocycles. The van der Waals surface area contributed by atoms with Crippen molar-refractivity contribution in [1.82, 2.24) is 5.32 Å². The summed E-state index contributed by atoms with van der Waals surface area (Å²) in [5.41, 5.74) is 1.26. The van der Waals surface area contributed by atoms with Crippen LogP contribution in [0, 0.1) is 0 Å². The summed E-state index contributed by atoms with van der Waals surface area (Å²) >= 11 is 0.445.